The first-order chi connectivity index (χ1) is 21.3. The van der Waals surface area contributed by atoms with Crippen LogP contribution >= 0.6 is 22.6 Å². The Morgan fingerprint density at radius 2 is 1.44 bits per heavy atom. The topological polar surface area (TPSA) is 54.0 Å². The van der Waals surface area contributed by atoms with Gasteiger partial charge in [-0.05, 0) is 60.8 Å². The Morgan fingerprint density at radius 1 is 0.933 bits per heavy atom. The van der Waals surface area contributed by atoms with E-state index in [2.05, 4.69) is 67.6 Å². The molecule has 1 fully saturated rings. The quantitative estimate of drug-likeness (QED) is 0.0815. The predicted octanol–water partition coefficient (Wildman–Crippen LogP) is 8.01. The molecule has 0 aromatic heterocycles. The van der Waals surface area contributed by atoms with E-state index >= 15 is 4.39 Å². The smallest absolute Gasteiger partial charge is 0.338 e. The van der Waals surface area contributed by atoms with Gasteiger partial charge in [0, 0.05) is 16.4 Å². The first-order valence-corrected chi connectivity index (χ1v) is 19.1. The van der Waals surface area contributed by atoms with E-state index in [9.17, 15) is 4.79 Å². The molecular weight excluding hydrogens is 698 g/mol. The second-order valence-corrected chi connectivity index (χ2v) is 18.5. The average Bonchev–Trinajstić information content (AvgIpc) is 3.32. The molecule has 1 heterocycles. The zero-order valence-electron chi connectivity index (χ0n) is 27.3. The highest BCUT2D eigenvalue weighted by molar-refractivity contribution is 14.1. The number of ether oxygens (including phenoxy) is 3. The summed E-state index contributed by atoms with van der Waals surface area (Å²) in [6.45, 7) is 14.2. The molecule has 4 rings (SSSR count). The van der Waals surface area contributed by atoms with Crippen LogP contribution in [0.5, 0.6) is 0 Å². The zero-order valence-corrected chi connectivity index (χ0v) is 30.5. The van der Waals surface area contributed by atoms with Crippen molar-refractivity contribution in [2.45, 2.75) is 90.1 Å². The van der Waals surface area contributed by atoms with Crippen LogP contribution < -0.4 is 10.4 Å². The van der Waals surface area contributed by atoms with Gasteiger partial charge in [0.2, 0.25) is 0 Å². The maximum Gasteiger partial charge on any atom is 0.338 e. The number of alkyl halides is 1. The van der Waals surface area contributed by atoms with Crippen molar-refractivity contribution >= 4 is 47.3 Å². The number of hydrogen-bond acceptors (Lipinski definition) is 5. The molecule has 5 nitrogen and oxygen atoms in total. The lowest BCUT2D eigenvalue weighted by Crippen LogP contribution is -2.67. The molecule has 2 unspecified atom stereocenters. The van der Waals surface area contributed by atoms with Crippen LogP contribution in [0.15, 0.2) is 103 Å². The molecule has 1 saturated heterocycles. The normalized spacial score (nSPS) is 20.8. The second-order valence-electron chi connectivity index (χ2n) is 13.2. The standard InChI is InChI=1S/C37H46FIO5Si/c1-26(27(2)44-45(36(3,4)5,29-19-13-9-14-20-29)30-21-15-10-16-22-30)25-31(38)33(41-35(40)28-17-11-8-12-18-28)34-32(23-24-39)42-37(6,7)43-34/h8-22,25-27,32-34H,23-24H2,1-7H3/b31-25+/t26-,27+,32?,33?,34+/m1/s1. The summed E-state index contributed by atoms with van der Waals surface area (Å²) < 4.78 is 42.9. The van der Waals surface area contributed by atoms with Gasteiger partial charge in [0.25, 0.3) is 8.32 Å². The Bertz CT molecular complexity index is 1370. The van der Waals surface area contributed by atoms with Crippen LogP contribution in [0.2, 0.25) is 5.04 Å². The Hall–Kier alpha value is -2.37. The summed E-state index contributed by atoms with van der Waals surface area (Å²) in [5, 5.41) is 2.08. The van der Waals surface area contributed by atoms with Crippen molar-refractivity contribution in [3.63, 3.8) is 0 Å². The van der Waals surface area contributed by atoms with E-state index in [1.165, 1.54) is 6.08 Å². The van der Waals surface area contributed by atoms with E-state index in [1.54, 1.807) is 38.1 Å². The minimum Gasteiger partial charge on any atom is -0.449 e. The molecule has 45 heavy (non-hydrogen) atoms. The third-order valence-corrected chi connectivity index (χ3v) is 14.1. The second kappa shape index (κ2) is 15.0. The maximum atomic E-state index is 16.6. The van der Waals surface area contributed by atoms with Gasteiger partial charge in [-0.25, -0.2) is 9.18 Å². The van der Waals surface area contributed by atoms with E-state index in [1.807, 2.05) is 56.3 Å². The van der Waals surface area contributed by atoms with Crippen molar-refractivity contribution in [1.29, 1.82) is 0 Å². The van der Waals surface area contributed by atoms with Crippen LogP contribution in [-0.4, -0.2) is 48.9 Å². The molecule has 5 atom stereocenters. The third kappa shape index (κ3) is 8.32. The summed E-state index contributed by atoms with van der Waals surface area (Å²) in [6.07, 6.45) is -0.736. The number of rotatable bonds is 12. The molecule has 0 saturated carbocycles. The Morgan fingerprint density at radius 3 is 1.93 bits per heavy atom. The van der Waals surface area contributed by atoms with Crippen LogP contribution in [0.3, 0.4) is 0 Å². The van der Waals surface area contributed by atoms with Gasteiger partial charge < -0.3 is 18.6 Å². The van der Waals surface area contributed by atoms with Crippen molar-refractivity contribution in [3.05, 3.63) is 108 Å². The van der Waals surface area contributed by atoms with Crippen molar-refractivity contribution < 1.29 is 27.8 Å². The third-order valence-electron chi connectivity index (χ3n) is 8.37. The number of carbonyl (C=O) groups is 1. The van der Waals surface area contributed by atoms with Crippen LogP contribution in [0.4, 0.5) is 4.39 Å². The molecule has 3 aromatic rings. The lowest BCUT2D eigenvalue weighted by Gasteiger charge is -2.45. The minimum absolute atomic E-state index is 0.229. The molecule has 8 heteroatoms. The first kappa shape index (κ1) is 35.5. The van der Waals surface area contributed by atoms with Gasteiger partial charge in [0.15, 0.2) is 11.9 Å². The fourth-order valence-electron chi connectivity index (χ4n) is 6.05. The molecule has 0 amide bonds. The van der Waals surface area contributed by atoms with Crippen molar-refractivity contribution in [2.75, 3.05) is 4.43 Å². The zero-order chi connectivity index (χ0) is 32.8. The van der Waals surface area contributed by atoms with Crippen molar-refractivity contribution in [3.8, 4) is 0 Å². The predicted molar refractivity (Wildman–Crippen MR) is 189 cm³/mol. The highest BCUT2D eigenvalue weighted by atomic mass is 127. The lowest BCUT2D eigenvalue weighted by molar-refractivity contribution is -0.154. The van der Waals surface area contributed by atoms with Gasteiger partial charge >= 0.3 is 5.97 Å². The van der Waals surface area contributed by atoms with Gasteiger partial charge in [-0.1, -0.05) is 129 Å². The molecule has 0 spiro atoms. The summed E-state index contributed by atoms with van der Waals surface area (Å²) in [7, 11) is -2.87. The fraction of sp³-hybridized carbons (Fsp3) is 0.432. The van der Waals surface area contributed by atoms with Crippen LogP contribution in [0.1, 0.15) is 65.2 Å². The van der Waals surface area contributed by atoms with Gasteiger partial charge in [-0.15, -0.1) is 0 Å². The molecule has 242 valence electrons. The van der Waals surface area contributed by atoms with E-state index in [-0.39, 0.29) is 17.1 Å². The van der Waals surface area contributed by atoms with Crippen molar-refractivity contribution in [2.24, 2.45) is 5.92 Å². The molecule has 1 aliphatic heterocycles. The molecule has 0 radical (unpaired) electrons. The lowest BCUT2D eigenvalue weighted by atomic mass is 10.00. The highest BCUT2D eigenvalue weighted by Crippen LogP contribution is 2.39. The summed E-state index contributed by atoms with van der Waals surface area (Å²) in [5.74, 6) is -2.49. The van der Waals surface area contributed by atoms with Crippen LogP contribution in [-0.2, 0) is 18.6 Å². The van der Waals surface area contributed by atoms with Gasteiger partial charge in [-0.2, -0.15) is 0 Å². The maximum absolute atomic E-state index is 16.6. The first-order valence-electron chi connectivity index (χ1n) is 15.6. The molecule has 0 aliphatic carbocycles. The number of esters is 1. The van der Waals surface area contributed by atoms with Crippen molar-refractivity contribution in [1.82, 2.24) is 0 Å². The molecule has 0 N–H and O–H groups in total. The summed E-state index contributed by atoms with van der Waals surface area (Å²) in [6, 6.07) is 29.4. The number of halogens is 2. The van der Waals surface area contributed by atoms with Crippen LogP contribution in [0.25, 0.3) is 0 Å². The number of hydrogen-bond donors (Lipinski definition) is 0. The van der Waals surface area contributed by atoms with Gasteiger partial charge in [0.05, 0.1) is 11.7 Å². The monoisotopic (exact) mass is 744 g/mol. The molecular formula is C37H46FIO5Si. The highest BCUT2D eigenvalue weighted by Gasteiger charge is 2.52. The largest absolute Gasteiger partial charge is 0.449 e. The van der Waals surface area contributed by atoms with Crippen LogP contribution in [0, 0.1) is 5.92 Å². The fourth-order valence-corrected chi connectivity index (χ4v) is 11.4. The van der Waals surface area contributed by atoms with Gasteiger partial charge in [-0.3, -0.25) is 0 Å². The van der Waals surface area contributed by atoms with E-state index in [0.29, 0.717) is 12.0 Å². The van der Waals surface area contributed by atoms with Gasteiger partial charge in [0.1, 0.15) is 11.9 Å². The molecule has 1 aliphatic rings. The SMILES string of the molecule is C[C@H](/C=C(/F)C(OC(=O)c1ccccc1)[C@H]1OC(C)(C)OC1CCI)[C@H](C)O[Si](c1ccccc1)(c1ccccc1)C(C)(C)C. The Kier molecular flexibility index (Phi) is 11.8. The Labute approximate surface area is 282 Å². The molecule has 3 aromatic carbocycles. The number of benzene rings is 3. The average molecular weight is 745 g/mol. The Balaban J connectivity index is 1.70. The summed E-state index contributed by atoms with van der Waals surface area (Å²) in [5.41, 5.74) is 0.343. The van der Waals surface area contributed by atoms with E-state index in [0.717, 1.165) is 14.8 Å². The summed E-state index contributed by atoms with van der Waals surface area (Å²) in [4.78, 5) is 13.2. The summed E-state index contributed by atoms with van der Waals surface area (Å²) >= 11 is 2.27. The van der Waals surface area contributed by atoms with E-state index < -0.39 is 44.2 Å². The molecule has 0 bridgehead atoms. The minimum atomic E-state index is -2.87. The number of carbonyl (C=O) groups excluding carboxylic acids is 1. The van der Waals surface area contributed by atoms with E-state index in [4.69, 9.17) is 18.6 Å².